The Hall–Kier alpha value is 0.140. The molecule has 0 bridgehead atoms. The zero-order chi connectivity index (χ0) is 7.56. The van der Waals surface area contributed by atoms with Crippen LogP contribution in [0.1, 0.15) is 24.3 Å². The highest BCUT2D eigenvalue weighted by molar-refractivity contribution is 9.11. The van der Waals surface area contributed by atoms with Crippen molar-refractivity contribution in [3.05, 3.63) is 20.8 Å². The lowest BCUT2D eigenvalue weighted by Crippen LogP contribution is -2.05. The fraction of sp³-hybridized carbons (Fsp3) is 0.429. The highest BCUT2D eigenvalue weighted by atomic mass is 79.9. The number of hydrogen-bond donors (Lipinski definition) is 1. The molecule has 0 fully saturated rings. The van der Waals surface area contributed by atoms with Crippen LogP contribution >= 0.6 is 27.3 Å². The first-order valence-corrected chi connectivity index (χ1v) is 4.85. The molecule has 1 atom stereocenters. The molecule has 0 radical (unpaired) electrons. The van der Waals surface area contributed by atoms with Gasteiger partial charge < -0.3 is 5.73 Å². The van der Waals surface area contributed by atoms with Crippen LogP contribution in [-0.4, -0.2) is 0 Å². The van der Waals surface area contributed by atoms with E-state index in [9.17, 15) is 0 Å². The molecule has 1 unspecified atom stereocenters. The monoisotopic (exact) mass is 219 g/mol. The second kappa shape index (κ2) is 3.51. The first-order chi connectivity index (χ1) is 4.74. The third-order valence-corrected chi connectivity index (χ3v) is 3.15. The van der Waals surface area contributed by atoms with Crippen LogP contribution in [0.2, 0.25) is 0 Å². The van der Waals surface area contributed by atoms with Gasteiger partial charge in [0.1, 0.15) is 0 Å². The Morgan fingerprint density at radius 1 is 1.70 bits per heavy atom. The normalized spacial score (nSPS) is 13.5. The van der Waals surface area contributed by atoms with Gasteiger partial charge in [-0.1, -0.05) is 6.92 Å². The van der Waals surface area contributed by atoms with Crippen LogP contribution in [0.5, 0.6) is 0 Å². The van der Waals surface area contributed by atoms with E-state index in [0.29, 0.717) is 0 Å². The van der Waals surface area contributed by atoms with Crippen LogP contribution in [0.15, 0.2) is 15.9 Å². The van der Waals surface area contributed by atoms with Gasteiger partial charge in [-0.2, -0.15) is 0 Å². The molecule has 3 heteroatoms. The maximum atomic E-state index is 5.80. The van der Waals surface area contributed by atoms with Crippen LogP contribution in [0.25, 0.3) is 0 Å². The lowest BCUT2D eigenvalue weighted by atomic mass is 10.2. The van der Waals surface area contributed by atoms with Crippen LogP contribution in [0.4, 0.5) is 0 Å². The molecule has 0 aliphatic heterocycles. The number of thiophene rings is 1. The topological polar surface area (TPSA) is 26.0 Å². The molecule has 1 nitrogen and oxygen atoms in total. The molecule has 0 spiro atoms. The van der Waals surface area contributed by atoms with Gasteiger partial charge in [-0.3, -0.25) is 0 Å². The molecule has 10 heavy (non-hydrogen) atoms. The molecule has 0 aliphatic rings. The molecule has 0 aromatic carbocycles. The standard InChI is InChI=1S/C7H10BrNS/c1-2-5(9)6-3-4-7(8)10-6/h3-5H,2,9H2,1H3. The summed E-state index contributed by atoms with van der Waals surface area (Å²) in [6.45, 7) is 2.10. The van der Waals surface area contributed by atoms with Crippen LogP contribution in [0, 0.1) is 0 Å². The molecule has 0 saturated carbocycles. The molecule has 1 heterocycles. The molecular weight excluding hydrogens is 210 g/mol. The predicted molar refractivity (Wildman–Crippen MR) is 49.2 cm³/mol. The van der Waals surface area contributed by atoms with E-state index in [4.69, 9.17) is 5.73 Å². The van der Waals surface area contributed by atoms with Crippen LogP contribution in [0.3, 0.4) is 0 Å². The first-order valence-electron chi connectivity index (χ1n) is 3.25. The largest absolute Gasteiger partial charge is 0.323 e. The second-order valence-electron chi connectivity index (χ2n) is 2.16. The summed E-state index contributed by atoms with van der Waals surface area (Å²) in [5.41, 5.74) is 5.80. The second-order valence-corrected chi connectivity index (χ2v) is 4.65. The van der Waals surface area contributed by atoms with Gasteiger partial charge in [-0.05, 0) is 34.5 Å². The van der Waals surface area contributed by atoms with Crippen molar-refractivity contribution >= 4 is 27.3 Å². The Bertz CT molecular complexity index is 209. The minimum atomic E-state index is 0.219. The molecule has 1 rings (SSSR count). The fourth-order valence-corrected chi connectivity index (χ4v) is 2.24. The summed E-state index contributed by atoms with van der Waals surface area (Å²) >= 11 is 5.10. The van der Waals surface area contributed by atoms with Crippen LogP contribution in [-0.2, 0) is 0 Å². The van der Waals surface area contributed by atoms with Crippen molar-refractivity contribution < 1.29 is 0 Å². The molecule has 1 aromatic heterocycles. The molecule has 2 N–H and O–H groups in total. The minimum absolute atomic E-state index is 0.219. The Morgan fingerprint density at radius 2 is 2.40 bits per heavy atom. The number of nitrogens with two attached hydrogens (primary N) is 1. The summed E-state index contributed by atoms with van der Waals surface area (Å²) in [5.74, 6) is 0. The van der Waals surface area contributed by atoms with Crippen molar-refractivity contribution in [2.45, 2.75) is 19.4 Å². The molecule has 0 aliphatic carbocycles. The van der Waals surface area contributed by atoms with Crippen molar-refractivity contribution in [2.24, 2.45) is 5.73 Å². The van der Waals surface area contributed by atoms with E-state index in [-0.39, 0.29) is 6.04 Å². The minimum Gasteiger partial charge on any atom is -0.323 e. The van der Waals surface area contributed by atoms with Crippen LogP contribution < -0.4 is 5.73 Å². The highest BCUT2D eigenvalue weighted by Gasteiger charge is 2.04. The summed E-state index contributed by atoms with van der Waals surface area (Å²) in [6.07, 6.45) is 1.01. The zero-order valence-electron chi connectivity index (χ0n) is 5.80. The number of rotatable bonds is 2. The molecular formula is C7H10BrNS. The fourth-order valence-electron chi connectivity index (χ4n) is 0.729. The van der Waals surface area contributed by atoms with Gasteiger partial charge in [0.2, 0.25) is 0 Å². The summed E-state index contributed by atoms with van der Waals surface area (Å²) in [5, 5.41) is 0. The lowest BCUT2D eigenvalue weighted by molar-refractivity contribution is 0.712. The quantitative estimate of drug-likeness (QED) is 0.814. The van der Waals surface area contributed by atoms with Crippen molar-refractivity contribution in [3.63, 3.8) is 0 Å². The average molecular weight is 220 g/mol. The summed E-state index contributed by atoms with van der Waals surface area (Å²) in [6, 6.07) is 4.33. The van der Waals surface area contributed by atoms with Gasteiger partial charge in [0.15, 0.2) is 0 Å². The Labute approximate surface area is 73.4 Å². The lowest BCUT2D eigenvalue weighted by Gasteiger charge is -2.02. The van der Waals surface area contributed by atoms with E-state index in [0.717, 1.165) is 10.2 Å². The van der Waals surface area contributed by atoms with Crippen molar-refractivity contribution in [2.75, 3.05) is 0 Å². The SMILES string of the molecule is CCC(N)c1ccc(Br)s1. The Balaban J connectivity index is 2.74. The van der Waals surface area contributed by atoms with E-state index in [2.05, 4.69) is 28.9 Å². The zero-order valence-corrected chi connectivity index (χ0v) is 8.21. The molecule has 56 valence electrons. The van der Waals surface area contributed by atoms with Crippen molar-refractivity contribution in [1.29, 1.82) is 0 Å². The van der Waals surface area contributed by atoms with Gasteiger partial charge in [-0.15, -0.1) is 11.3 Å². The van der Waals surface area contributed by atoms with E-state index in [1.54, 1.807) is 11.3 Å². The van der Waals surface area contributed by atoms with E-state index in [1.165, 1.54) is 4.88 Å². The van der Waals surface area contributed by atoms with E-state index in [1.807, 2.05) is 6.07 Å². The highest BCUT2D eigenvalue weighted by Crippen LogP contribution is 2.27. The van der Waals surface area contributed by atoms with Gasteiger partial charge in [0, 0.05) is 10.9 Å². The first kappa shape index (κ1) is 8.24. The third kappa shape index (κ3) is 1.81. The van der Waals surface area contributed by atoms with Crippen molar-refractivity contribution in [3.8, 4) is 0 Å². The number of halogens is 1. The third-order valence-electron chi connectivity index (χ3n) is 1.40. The maximum Gasteiger partial charge on any atom is 0.0701 e. The Morgan fingerprint density at radius 3 is 2.80 bits per heavy atom. The Kier molecular flexibility index (Phi) is 2.89. The maximum absolute atomic E-state index is 5.80. The summed E-state index contributed by atoms with van der Waals surface area (Å²) < 4.78 is 1.16. The van der Waals surface area contributed by atoms with Gasteiger partial charge in [0.05, 0.1) is 3.79 Å². The predicted octanol–water partition coefficient (Wildman–Crippen LogP) is 2.92. The van der Waals surface area contributed by atoms with E-state index < -0.39 is 0 Å². The molecule has 0 saturated heterocycles. The van der Waals surface area contributed by atoms with Gasteiger partial charge >= 0.3 is 0 Å². The smallest absolute Gasteiger partial charge is 0.0701 e. The molecule has 1 aromatic rings. The van der Waals surface area contributed by atoms with Gasteiger partial charge in [-0.25, -0.2) is 0 Å². The number of hydrogen-bond acceptors (Lipinski definition) is 2. The summed E-state index contributed by atoms with van der Waals surface area (Å²) in [4.78, 5) is 1.26. The summed E-state index contributed by atoms with van der Waals surface area (Å²) in [7, 11) is 0. The van der Waals surface area contributed by atoms with Crippen molar-refractivity contribution in [1.82, 2.24) is 0 Å². The van der Waals surface area contributed by atoms with Gasteiger partial charge in [0.25, 0.3) is 0 Å². The average Bonchev–Trinajstić information content (AvgIpc) is 2.34. The van der Waals surface area contributed by atoms with E-state index >= 15 is 0 Å². The molecule has 0 amide bonds.